The minimum Gasteiger partial charge on any atom is -0.461 e. The summed E-state index contributed by atoms with van der Waals surface area (Å²) in [4.78, 5) is 26.9. The quantitative estimate of drug-likeness (QED) is 0.152. The molecule has 8 heteroatoms. The van der Waals surface area contributed by atoms with E-state index in [-0.39, 0.29) is 45.1 Å². The van der Waals surface area contributed by atoms with Crippen LogP contribution in [0.2, 0.25) is 0 Å². The van der Waals surface area contributed by atoms with Gasteiger partial charge in [0.1, 0.15) is 32.3 Å². The van der Waals surface area contributed by atoms with Gasteiger partial charge in [0.25, 0.3) is 0 Å². The number of nitrogens with zero attached hydrogens (tertiary/aromatic N) is 2. The maximum atomic E-state index is 13.5. The standard InChI is InChI=1S/C44H74N2O6/c1-31(2)32-12-17-44(30-51-37(47)28-45(8)20-24-49-25-21-45)19-18-42(6)33(39(32)44)10-11-35-41(5)15-14-36(40(3,4)34(41)13-16-43(35,42)7)52-38(48)29-46(9)22-26-50-27-23-46/h32-36,39H,1,10-30H2,2-9H3/q+2/t32?,33?,34?,35?,36-,39?,41-,42+,43+,44+/m0/s1. The SMILES string of the molecule is C=C(C)C1CC[C@]2(COC(=O)C[N+]3(C)CCOCC3)CC[C@]3(C)C(CCC4[C@@]5(C)CC[C@H](OC(=O)C[N+]6(C)CCOCC6)C(C)(C)C5CC[C@]43C)C12. The highest BCUT2D eigenvalue weighted by molar-refractivity contribution is 5.71. The number of hydrogen-bond donors (Lipinski definition) is 0. The highest BCUT2D eigenvalue weighted by Gasteiger charge is 2.71. The van der Waals surface area contributed by atoms with Crippen LogP contribution in [0.25, 0.3) is 0 Å². The molecular formula is C44H74N2O6+2. The molecule has 10 atom stereocenters. The monoisotopic (exact) mass is 727 g/mol. The molecule has 0 aromatic rings. The molecule has 0 N–H and O–H groups in total. The van der Waals surface area contributed by atoms with Crippen molar-refractivity contribution in [3.63, 3.8) is 0 Å². The number of morpholine rings is 2. The van der Waals surface area contributed by atoms with Crippen LogP contribution in [-0.2, 0) is 28.5 Å². The molecule has 7 rings (SSSR count). The van der Waals surface area contributed by atoms with Crippen molar-refractivity contribution >= 4 is 11.9 Å². The number of carbonyl (C=O) groups excluding carboxylic acids is 2. The average Bonchev–Trinajstić information content (AvgIpc) is 3.46. The van der Waals surface area contributed by atoms with Gasteiger partial charge in [-0.1, -0.05) is 46.8 Å². The zero-order valence-corrected chi connectivity index (χ0v) is 34.4. The van der Waals surface area contributed by atoms with Crippen molar-refractivity contribution in [3.05, 3.63) is 12.2 Å². The van der Waals surface area contributed by atoms with Crippen LogP contribution in [0.5, 0.6) is 0 Å². The van der Waals surface area contributed by atoms with Gasteiger partial charge in [-0.15, -0.1) is 0 Å². The second-order valence-corrected chi connectivity index (χ2v) is 21.2. The summed E-state index contributed by atoms with van der Waals surface area (Å²) in [6, 6.07) is 0. The summed E-state index contributed by atoms with van der Waals surface area (Å²) < 4.78 is 25.4. The molecule has 5 saturated carbocycles. The third-order valence-electron chi connectivity index (χ3n) is 18.1. The van der Waals surface area contributed by atoms with Crippen LogP contribution >= 0.6 is 0 Å². The predicted molar refractivity (Wildman–Crippen MR) is 203 cm³/mol. The Hall–Kier alpha value is -1.48. The van der Waals surface area contributed by atoms with E-state index in [0.717, 1.165) is 87.3 Å². The highest BCUT2D eigenvalue weighted by atomic mass is 16.5. The van der Waals surface area contributed by atoms with Crippen molar-refractivity contribution in [3.8, 4) is 0 Å². The Morgan fingerprint density at radius 1 is 0.712 bits per heavy atom. The molecule has 0 bridgehead atoms. The first-order valence-electron chi connectivity index (χ1n) is 21.2. The maximum Gasteiger partial charge on any atom is 0.362 e. The molecule has 0 spiro atoms. The number of hydrogen-bond acceptors (Lipinski definition) is 6. The molecule has 0 aromatic carbocycles. The summed E-state index contributed by atoms with van der Waals surface area (Å²) in [5, 5.41) is 0. The van der Waals surface area contributed by atoms with Crippen LogP contribution in [0.15, 0.2) is 12.2 Å². The Bertz CT molecular complexity index is 1380. The number of likely N-dealkylation sites (N-methyl/N-ethyl adjacent to an activating group) is 2. The van der Waals surface area contributed by atoms with Gasteiger partial charge in [-0.3, -0.25) is 0 Å². The normalized spacial score (nSPS) is 44.6. The summed E-state index contributed by atoms with van der Waals surface area (Å²) >= 11 is 0. The van der Waals surface area contributed by atoms with Crippen molar-refractivity contribution in [2.45, 2.75) is 112 Å². The van der Waals surface area contributed by atoms with Crippen molar-refractivity contribution in [1.82, 2.24) is 0 Å². The van der Waals surface area contributed by atoms with Crippen LogP contribution in [-0.4, -0.2) is 113 Å². The summed E-state index contributed by atoms with van der Waals surface area (Å²) in [7, 11) is 4.35. The van der Waals surface area contributed by atoms with Crippen molar-refractivity contribution in [2.75, 3.05) is 86.4 Å². The van der Waals surface area contributed by atoms with Crippen LogP contribution in [0.3, 0.4) is 0 Å². The number of fused-ring (bicyclic) bond motifs is 7. The summed E-state index contributed by atoms with van der Waals surface area (Å²) in [5.74, 6) is 2.77. The molecule has 0 aromatic heterocycles. The van der Waals surface area contributed by atoms with Gasteiger partial charge in [0, 0.05) is 10.8 Å². The number of allylic oxidation sites excluding steroid dienone is 1. The molecule has 5 aliphatic carbocycles. The minimum atomic E-state index is -0.0617. The van der Waals surface area contributed by atoms with Crippen molar-refractivity contribution < 1.29 is 37.5 Å². The Labute approximate surface area is 315 Å². The van der Waals surface area contributed by atoms with Crippen LogP contribution in [0.4, 0.5) is 0 Å². The fourth-order valence-corrected chi connectivity index (χ4v) is 14.7. The molecule has 7 fully saturated rings. The van der Waals surface area contributed by atoms with Crippen LogP contribution in [0, 0.1) is 56.7 Å². The third-order valence-corrected chi connectivity index (χ3v) is 18.1. The average molecular weight is 727 g/mol. The molecule has 7 aliphatic rings. The predicted octanol–water partition coefficient (Wildman–Crippen LogP) is 7.05. The second kappa shape index (κ2) is 13.6. The Morgan fingerprint density at radius 3 is 1.94 bits per heavy atom. The lowest BCUT2D eigenvalue weighted by atomic mass is 9.32. The number of rotatable bonds is 8. The van der Waals surface area contributed by atoms with Crippen LogP contribution < -0.4 is 0 Å². The van der Waals surface area contributed by atoms with E-state index in [2.05, 4.69) is 62.2 Å². The first-order valence-corrected chi connectivity index (χ1v) is 21.2. The maximum absolute atomic E-state index is 13.5. The van der Waals surface area contributed by atoms with Gasteiger partial charge in [-0.25, -0.2) is 9.59 Å². The number of quaternary nitrogens is 2. The molecule has 52 heavy (non-hydrogen) atoms. The van der Waals surface area contributed by atoms with Gasteiger partial charge >= 0.3 is 11.9 Å². The van der Waals surface area contributed by atoms with E-state index in [1.54, 1.807) is 0 Å². The van der Waals surface area contributed by atoms with E-state index in [9.17, 15) is 9.59 Å². The lowest BCUT2D eigenvalue weighted by Gasteiger charge is -2.73. The van der Waals surface area contributed by atoms with Gasteiger partial charge in [-0.05, 0) is 117 Å². The Kier molecular flexibility index (Phi) is 10.2. The Morgan fingerprint density at radius 2 is 1.33 bits per heavy atom. The summed E-state index contributed by atoms with van der Waals surface area (Å²) in [6.07, 6.45) is 11.8. The van der Waals surface area contributed by atoms with Gasteiger partial charge in [0.05, 0.1) is 47.1 Å². The highest BCUT2D eigenvalue weighted by Crippen LogP contribution is 2.77. The topological polar surface area (TPSA) is 71.1 Å². The number of ether oxygens (including phenoxy) is 4. The molecule has 5 unspecified atom stereocenters. The molecule has 2 heterocycles. The number of carbonyl (C=O) groups is 2. The molecule has 294 valence electrons. The van der Waals surface area contributed by atoms with E-state index >= 15 is 0 Å². The van der Waals surface area contributed by atoms with E-state index in [1.807, 2.05) is 0 Å². The van der Waals surface area contributed by atoms with Crippen molar-refractivity contribution in [1.29, 1.82) is 0 Å². The zero-order valence-electron chi connectivity index (χ0n) is 34.4. The van der Waals surface area contributed by atoms with E-state index in [0.29, 0.717) is 49.3 Å². The molecule has 0 radical (unpaired) electrons. The lowest BCUT2D eigenvalue weighted by molar-refractivity contribution is -0.910. The first kappa shape index (κ1) is 38.8. The van der Waals surface area contributed by atoms with Gasteiger partial charge in [0.2, 0.25) is 0 Å². The van der Waals surface area contributed by atoms with E-state index in [4.69, 9.17) is 18.9 Å². The third kappa shape index (κ3) is 6.33. The fraction of sp³-hybridized carbons (Fsp3) is 0.909. The van der Waals surface area contributed by atoms with Gasteiger partial charge in [0.15, 0.2) is 13.1 Å². The minimum absolute atomic E-state index is 0.0253. The second-order valence-electron chi connectivity index (χ2n) is 21.2. The lowest BCUT2D eigenvalue weighted by Crippen LogP contribution is -2.67. The summed E-state index contributed by atoms with van der Waals surface area (Å²) in [6.45, 7) is 27.5. The largest absolute Gasteiger partial charge is 0.461 e. The van der Waals surface area contributed by atoms with E-state index < -0.39 is 0 Å². The fourth-order valence-electron chi connectivity index (χ4n) is 14.7. The van der Waals surface area contributed by atoms with Gasteiger partial charge < -0.3 is 27.9 Å². The number of esters is 2. The molecule has 2 saturated heterocycles. The first-order chi connectivity index (χ1) is 24.4. The van der Waals surface area contributed by atoms with Crippen LogP contribution in [0.1, 0.15) is 106 Å². The smallest absolute Gasteiger partial charge is 0.362 e. The molecule has 2 aliphatic heterocycles. The molecule has 0 amide bonds. The molecule has 8 nitrogen and oxygen atoms in total. The summed E-state index contributed by atoms with van der Waals surface area (Å²) in [5.41, 5.74) is 2.03. The molecular weight excluding hydrogens is 652 g/mol. The van der Waals surface area contributed by atoms with Gasteiger partial charge in [-0.2, -0.15) is 0 Å². The van der Waals surface area contributed by atoms with E-state index in [1.165, 1.54) is 44.1 Å². The Balaban J connectivity index is 1.08. The zero-order chi connectivity index (χ0) is 37.4. The van der Waals surface area contributed by atoms with Crippen molar-refractivity contribution in [2.24, 2.45) is 56.7 Å².